The molecule has 1 aliphatic rings. The van der Waals surface area contributed by atoms with Crippen molar-refractivity contribution in [3.8, 4) is 0 Å². The topological polar surface area (TPSA) is 80.3 Å². The van der Waals surface area contributed by atoms with Crippen molar-refractivity contribution < 1.29 is 38.8 Å². The predicted octanol–water partition coefficient (Wildman–Crippen LogP) is 0.984. The van der Waals surface area contributed by atoms with Gasteiger partial charge in [-0.15, -0.1) is 4.13 Å². The van der Waals surface area contributed by atoms with Crippen LogP contribution in [0.5, 0.6) is 0 Å². The zero-order valence-electron chi connectivity index (χ0n) is 9.19. The van der Waals surface area contributed by atoms with E-state index in [1.165, 1.54) is 0 Å². The van der Waals surface area contributed by atoms with Crippen molar-refractivity contribution in [1.29, 1.82) is 0 Å². The third-order valence-corrected chi connectivity index (χ3v) is 6.34. The van der Waals surface area contributed by atoms with Crippen molar-refractivity contribution in [3.05, 3.63) is 0 Å². The molecule has 0 aromatic carbocycles. The number of rotatable bonds is 3. The Morgan fingerprint density at radius 1 is 0.947 bits per heavy atom. The standard InChI is InChI=1S/C7H10F5NO4S2/c8-5-2-1-4(3-6(5)9)18(14,15)13-19(16,17)7(10,11)12/h4-6,13H,1-3H2. The molecule has 0 spiro atoms. The molecular weight excluding hydrogens is 321 g/mol. The fourth-order valence-electron chi connectivity index (χ4n) is 1.59. The first-order chi connectivity index (χ1) is 8.37. The second-order valence-corrected chi connectivity index (χ2v) is 7.94. The summed E-state index contributed by atoms with van der Waals surface area (Å²) in [7, 11) is -11.0. The summed E-state index contributed by atoms with van der Waals surface area (Å²) in [5, 5.41) is -1.72. The van der Waals surface area contributed by atoms with Crippen LogP contribution in [-0.4, -0.2) is 39.9 Å². The molecule has 1 aliphatic carbocycles. The predicted molar refractivity (Wildman–Crippen MR) is 54.5 cm³/mol. The summed E-state index contributed by atoms with van der Waals surface area (Å²) in [6.07, 6.45) is -5.89. The van der Waals surface area contributed by atoms with Crippen molar-refractivity contribution in [3.63, 3.8) is 0 Å². The van der Waals surface area contributed by atoms with Gasteiger partial charge in [-0.3, -0.25) is 0 Å². The maximum atomic E-state index is 13.0. The quantitative estimate of drug-likeness (QED) is 0.782. The largest absolute Gasteiger partial charge is 0.512 e. The van der Waals surface area contributed by atoms with Gasteiger partial charge in [0.15, 0.2) is 0 Å². The Morgan fingerprint density at radius 3 is 1.89 bits per heavy atom. The van der Waals surface area contributed by atoms with Gasteiger partial charge in [0.2, 0.25) is 10.0 Å². The first kappa shape index (κ1) is 16.6. The van der Waals surface area contributed by atoms with Crippen LogP contribution in [0.1, 0.15) is 19.3 Å². The molecule has 3 atom stereocenters. The highest BCUT2D eigenvalue weighted by Gasteiger charge is 2.50. The summed E-state index contributed by atoms with van der Waals surface area (Å²) in [4.78, 5) is 0. The Hall–Kier alpha value is -0.490. The Balaban J connectivity index is 2.89. The lowest BCUT2D eigenvalue weighted by molar-refractivity contribution is -0.0441. The van der Waals surface area contributed by atoms with Crippen molar-refractivity contribution in [2.75, 3.05) is 0 Å². The van der Waals surface area contributed by atoms with Crippen LogP contribution >= 0.6 is 0 Å². The number of hydrogen-bond donors (Lipinski definition) is 1. The molecule has 1 saturated carbocycles. The van der Waals surface area contributed by atoms with E-state index in [9.17, 15) is 38.8 Å². The molecule has 0 aromatic heterocycles. The number of halogens is 5. The van der Waals surface area contributed by atoms with Gasteiger partial charge in [-0.1, -0.05) is 0 Å². The van der Waals surface area contributed by atoms with Crippen molar-refractivity contribution in [2.24, 2.45) is 0 Å². The van der Waals surface area contributed by atoms with Crippen LogP contribution in [0.3, 0.4) is 0 Å². The van der Waals surface area contributed by atoms with Crippen LogP contribution in [0, 0.1) is 0 Å². The highest BCUT2D eigenvalue weighted by atomic mass is 32.3. The van der Waals surface area contributed by atoms with Crippen LogP contribution < -0.4 is 4.13 Å². The molecule has 0 saturated heterocycles. The normalized spacial score (nSPS) is 30.3. The average Bonchev–Trinajstić information content (AvgIpc) is 2.18. The van der Waals surface area contributed by atoms with Crippen LogP contribution in [0.2, 0.25) is 0 Å². The van der Waals surface area contributed by atoms with Gasteiger partial charge in [-0.2, -0.15) is 13.2 Å². The van der Waals surface area contributed by atoms with Gasteiger partial charge in [-0.25, -0.2) is 25.6 Å². The molecule has 0 aromatic rings. The fourth-order valence-corrected chi connectivity index (χ4v) is 4.62. The first-order valence-electron chi connectivity index (χ1n) is 4.98. The lowest BCUT2D eigenvalue weighted by Gasteiger charge is -2.27. The highest BCUT2D eigenvalue weighted by molar-refractivity contribution is 8.05. The second kappa shape index (κ2) is 5.13. The number of nitrogens with one attached hydrogen (secondary N) is 1. The molecule has 19 heavy (non-hydrogen) atoms. The molecule has 0 heterocycles. The summed E-state index contributed by atoms with van der Waals surface area (Å²) < 4.78 is 107. The van der Waals surface area contributed by atoms with E-state index in [2.05, 4.69) is 0 Å². The van der Waals surface area contributed by atoms with E-state index >= 15 is 0 Å². The van der Waals surface area contributed by atoms with Gasteiger partial charge in [0, 0.05) is 0 Å². The fraction of sp³-hybridized carbons (Fsp3) is 1.00. The van der Waals surface area contributed by atoms with E-state index in [4.69, 9.17) is 0 Å². The van der Waals surface area contributed by atoms with Crippen molar-refractivity contribution in [1.82, 2.24) is 4.13 Å². The second-order valence-electron chi connectivity index (χ2n) is 4.04. The summed E-state index contributed by atoms with van der Waals surface area (Å²) in [6, 6.07) is 0. The van der Waals surface area contributed by atoms with E-state index in [-0.39, 0.29) is 0 Å². The number of sulfonamides is 2. The molecule has 0 amide bonds. The van der Waals surface area contributed by atoms with E-state index in [1.807, 2.05) is 0 Å². The summed E-state index contributed by atoms with van der Waals surface area (Å²) >= 11 is 0. The Bertz CT molecular complexity index is 528. The minimum absolute atomic E-state index is 0.454. The van der Waals surface area contributed by atoms with Gasteiger partial charge in [0.05, 0.1) is 5.25 Å². The molecule has 1 N–H and O–H groups in total. The zero-order chi connectivity index (χ0) is 15.1. The highest BCUT2D eigenvalue weighted by Crippen LogP contribution is 2.30. The monoisotopic (exact) mass is 331 g/mol. The Morgan fingerprint density at radius 2 is 1.47 bits per heavy atom. The van der Waals surface area contributed by atoms with Gasteiger partial charge in [0.1, 0.15) is 12.3 Å². The smallest absolute Gasteiger partial charge is 0.244 e. The molecule has 1 rings (SSSR count). The third kappa shape index (κ3) is 3.75. The molecule has 5 nitrogen and oxygen atoms in total. The van der Waals surface area contributed by atoms with Crippen molar-refractivity contribution in [2.45, 2.75) is 42.4 Å². The van der Waals surface area contributed by atoms with Gasteiger partial charge in [-0.05, 0) is 19.3 Å². The van der Waals surface area contributed by atoms with Crippen LogP contribution in [0.15, 0.2) is 0 Å². The van der Waals surface area contributed by atoms with E-state index < -0.39 is 62.4 Å². The molecular formula is C7H10F5NO4S2. The SMILES string of the molecule is O=S(=O)(NS(=O)(=O)C(F)(F)F)C1CCC(F)C(F)C1. The number of alkyl halides is 5. The zero-order valence-corrected chi connectivity index (χ0v) is 10.8. The summed E-state index contributed by atoms with van der Waals surface area (Å²) in [5.74, 6) is 0. The maximum Gasteiger partial charge on any atom is 0.512 e. The third-order valence-electron chi connectivity index (χ3n) is 2.61. The van der Waals surface area contributed by atoms with Gasteiger partial charge < -0.3 is 0 Å². The Labute approximate surface area is 106 Å². The molecule has 1 fully saturated rings. The van der Waals surface area contributed by atoms with Gasteiger partial charge in [0.25, 0.3) is 0 Å². The van der Waals surface area contributed by atoms with E-state index in [0.29, 0.717) is 4.13 Å². The average molecular weight is 331 g/mol. The maximum absolute atomic E-state index is 13.0. The lowest BCUT2D eigenvalue weighted by Crippen LogP contribution is -2.47. The molecule has 0 radical (unpaired) electrons. The molecule has 0 bridgehead atoms. The van der Waals surface area contributed by atoms with Gasteiger partial charge >= 0.3 is 15.5 Å². The molecule has 114 valence electrons. The minimum atomic E-state index is -6.09. The van der Waals surface area contributed by atoms with E-state index in [0.717, 1.165) is 0 Å². The molecule has 3 unspecified atom stereocenters. The van der Waals surface area contributed by atoms with Crippen LogP contribution in [0.4, 0.5) is 22.0 Å². The Kier molecular flexibility index (Phi) is 4.47. The molecule has 0 aliphatic heterocycles. The summed E-state index contributed by atoms with van der Waals surface area (Å²) in [6.45, 7) is 0. The molecule has 12 heteroatoms. The van der Waals surface area contributed by atoms with Crippen molar-refractivity contribution >= 4 is 20.0 Å². The minimum Gasteiger partial charge on any atom is -0.244 e. The lowest BCUT2D eigenvalue weighted by atomic mass is 9.97. The van der Waals surface area contributed by atoms with Crippen LogP contribution in [-0.2, 0) is 20.0 Å². The summed E-state index contributed by atoms with van der Waals surface area (Å²) in [5.41, 5.74) is -5.80. The number of hydrogen-bond acceptors (Lipinski definition) is 4. The first-order valence-corrected chi connectivity index (χ1v) is 8.01. The van der Waals surface area contributed by atoms with Crippen LogP contribution in [0.25, 0.3) is 0 Å². The van der Waals surface area contributed by atoms with E-state index in [1.54, 1.807) is 0 Å².